The minimum absolute atomic E-state index is 0.0229. The number of rotatable bonds is 10. The molecule has 1 amide bonds. The summed E-state index contributed by atoms with van der Waals surface area (Å²) in [5, 5.41) is 12.5. The van der Waals surface area contributed by atoms with Crippen molar-refractivity contribution < 1.29 is 9.53 Å². The highest BCUT2D eigenvalue weighted by atomic mass is 32.2. The van der Waals surface area contributed by atoms with Crippen molar-refractivity contribution in [2.75, 3.05) is 33.3 Å². The molecule has 1 aliphatic heterocycles. The summed E-state index contributed by atoms with van der Waals surface area (Å²) in [4.78, 5) is 26.9. The van der Waals surface area contributed by atoms with Crippen LogP contribution in [0.25, 0.3) is 17.1 Å². The lowest BCUT2D eigenvalue weighted by molar-refractivity contribution is 0.0592. The molecule has 9 nitrogen and oxygen atoms in total. The van der Waals surface area contributed by atoms with E-state index in [-0.39, 0.29) is 11.9 Å². The van der Waals surface area contributed by atoms with Gasteiger partial charge in [-0.15, -0.1) is 21.5 Å². The van der Waals surface area contributed by atoms with Crippen molar-refractivity contribution in [3.63, 3.8) is 0 Å². The van der Waals surface area contributed by atoms with Crippen molar-refractivity contribution in [1.82, 2.24) is 34.5 Å². The van der Waals surface area contributed by atoms with Crippen molar-refractivity contribution in [3.8, 4) is 22.8 Å². The van der Waals surface area contributed by atoms with Crippen LogP contribution >= 0.6 is 23.1 Å². The molecule has 0 radical (unpaired) electrons. The summed E-state index contributed by atoms with van der Waals surface area (Å²) in [6, 6.07) is 33.0. The highest BCUT2D eigenvalue weighted by Crippen LogP contribution is 2.34. The van der Waals surface area contributed by atoms with E-state index >= 15 is 0 Å². The summed E-state index contributed by atoms with van der Waals surface area (Å²) in [5.74, 6) is 1.93. The fourth-order valence-corrected chi connectivity index (χ4v) is 7.65. The number of para-hydroxylation sites is 2. The molecule has 0 saturated carbocycles. The number of amides is 1. The Morgan fingerprint density at radius 2 is 1.51 bits per heavy atom. The molecule has 0 bridgehead atoms. The topological polar surface area (TPSA) is 89.3 Å². The SMILES string of the molecule is COc1ccccc1-n1c(SCc2nc(C(=O)N3CCN(C(c4ccccc4)c4ccccc4)CC3)cs2)nnc1-c1ccncc1. The number of piperazine rings is 1. The first-order chi connectivity index (χ1) is 23.2. The molecule has 1 saturated heterocycles. The number of methoxy groups -OCH3 is 1. The second kappa shape index (κ2) is 14.3. The zero-order valence-corrected chi connectivity index (χ0v) is 27.5. The Bertz CT molecular complexity index is 1890. The molecule has 0 atom stereocenters. The molecule has 1 aliphatic rings. The molecule has 0 unspecified atom stereocenters. The third kappa shape index (κ3) is 6.69. The van der Waals surface area contributed by atoms with E-state index in [1.165, 1.54) is 34.2 Å². The predicted octanol–water partition coefficient (Wildman–Crippen LogP) is 6.63. The quantitative estimate of drug-likeness (QED) is 0.151. The first kappa shape index (κ1) is 30.8. The molecule has 0 aliphatic carbocycles. The van der Waals surface area contributed by atoms with Gasteiger partial charge in [0, 0.05) is 49.5 Å². The van der Waals surface area contributed by atoms with Gasteiger partial charge in [-0.25, -0.2) is 4.98 Å². The maximum absolute atomic E-state index is 13.6. The normalized spacial score (nSPS) is 13.6. The number of benzene rings is 3. The van der Waals surface area contributed by atoms with E-state index in [4.69, 9.17) is 9.72 Å². The van der Waals surface area contributed by atoms with E-state index in [1.54, 1.807) is 19.5 Å². The summed E-state index contributed by atoms with van der Waals surface area (Å²) >= 11 is 3.02. The second-order valence-electron chi connectivity index (χ2n) is 11.0. The average molecular weight is 660 g/mol. The smallest absolute Gasteiger partial charge is 0.273 e. The first-order valence-electron chi connectivity index (χ1n) is 15.4. The zero-order valence-electron chi connectivity index (χ0n) is 25.8. The molecule has 1 fully saturated rings. The molecule has 3 aromatic carbocycles. The monoisotopic (exact) mass is 659 g/mol. The summed E-state index contributed by atoms with van der Waals surface area (Å²) < 4.78 is 7.67. The number of hydrogen-bond acceptors (Lipinski definition) is 9. The Balaban J connectivity index is 1.04. The largest absolute Gasteiger partial charge is 0.495 e. The lowest BCUT2D eigenvalue weighted by Gasteiger charge is -2.39. The number of thioether (sulfide) groups is 1. The lowest BCUT2D eigenvalue weighted by Crippen LogP contribution is -2.50. The second-order valence-corrected chi connectivity index (χ2v) is 12.9. The maximum Gasteiger partial charge on any atom is 0.273 e. The molecule has 7 rings (SSSR count). The van der Waals surface area contributed by atoms with Crippen molar-refractivity contribution in [3.05, 3.63) is 137 Å². The molecule has 6 aromatic rings. The highest BCUT2D eigenvalue weighted by molar-refractivity contribution is 7.98. The maximum atomic E-state index is 13.6. The zero-order chi connectivity index (χ0) is 32.0. The van der Waals surface area contributed by atoms with Crippen LogP contribution < -0.4 is 4.74 Å². The third-order valence-electron chi connectivity index (χ3n) is 8.19. The van der Waals surface area contributed by atoms with Gasteiger partial charge in [0.2, 0.25) is 0 Å². The number of carbonyl (C=O) groups excluding carboxylic acids is 1. The van der Waals surface area contributed by atoms with E-state index in [9.17, 15) is 4.79 Å². The van der Waals surface area contributed by atoms with Gasteiger partial charge < -0.3 is 9.64 Å². The van der Waals surface area contributed by atoms with Crippen LogP contribution in [0.2, 0.25) is 0 Å². The number of ether oxygens (including phenoxy) is 1. The Labute approximate surface area is 281 Å². The average Bonchev–Trinajstić information content (AvgIpc) is 3.80. The Morgan fingerprint density at radius 1 is 0.851 bits per heavy atom. The molecule has 0 spiro atoms. The van der Waals surface area contributed by atoms with Crippen LogP contribution in [-0.2, 0) is 5.75 Å². The fourth-order valence-electron chi connectivity index (χ4n) is 5.91. The van der Waals surface area contributed by atoms with Crippen LogP contribution in [0, 0.1) is 0 Å². The number of aromatic nitrogens is 5. The predicted molar refractivity (Wildman–Crippen MR) is 185 cm³/mol. The molecule has 0 N–H and O–H groups in total. The molecule has 236 valence electrons. The third-order valence-corrected chi connectivity index (χ3v) is 10.2. The van der Waals surface area contributed by atoms with Gasteiger partial charge in [-0.05, 0) is 35.4 Å². The van der Waals surface area contributed by atoms with Crippen molar-refractivity contribution in [2.24, 2.45) is 0 Å². The summed E-state index contributed by atoms with van der Waals surface area (Å²) in [6.45, 7) is 2.86. The summed E-state index contributed by atoms with van der Waals surface area (Å²) in [6.07, 6.45) is 3.48. The van der Waals surface area contributed by atoms with Gasteiger partial charge >= 0.3 is 0 Å². The standard InChI is InChI=1S/C36H33N7O2S2/c1-45-31-15-9-8-14-30(31)43-34(28-16-18-37-19-17-28)39-40-36(43)47-25-32-38-29(24-46-32)35(44)42-22-20-41(21-23-42)33(26-10-4-2-5-11-26)27-12-6-3-7-13-27/h2-19,24,33H,20-23,25H2,1H3. The fraction of sp³-hybridized carbons (Fsp3) is 0.194. The summed E-state index contributed by atoms with van der Waals surface area (Å²) in [7, 11) is 1.65. The van der Waals surface area contributed by atoms with E-state index in [0.29, 0.717) is 41.3 Å². The van der Waals surface area contributed by atoms with E-state index in [2.05, 4.69) is 68.6 Å². The molecular weight excluding hydrogens is 627 g/mol. The van der Waals surface area contributed by atoms with Crippen LogP contribution in [-0.4, -0.2) is 73.7 Å². The van der Waals surface area contributed by atoms with Gasteiger partial charge in [-0.1, -0.05) is 84.6 Å². The van der Waals surface area contributed by atoms with Crippen LogP contribution in [0.1, 0.15) is 32.7 Å². The Hall–Kier alpha value is -4.84. The number of hydrogen-bond donors (Lipinski definition) is 0. The van der Waals surface area contributed by atoms with Crippen molar-refractivity contribution in [2.45, 2.75) is 17.0 Å². The number of nitrogens with zero attached hydrogens (tertiary/aromatic N) is 7. The molecular formula is C36H33N7O2S2. The van der Waals surface area contributed by atoms with Crippen LogP contribution in [0.4, 0.5) is 0 Å². The minimum atomic E-state index is -0.0229. The molecule has 11 heteroatoms. The van der Waals surface area contributed by atoms with Gasteiger partial charge in [0.1, 0.15) is 16.5 Å². The highest BCUT2D eigenvalue weighted by Gasteiger charge is 2.29. The van der Waals surface area contributed by atoms with Gasteiger partial charge in [0.25, 0.3) is 5.91 Å². The van der Waals surface area contributed by atoms with Gasteiger partial charge in [-0.3, -0.25) is 19.2 Å². The van der Waals surface area contributed by atoms with Crippen LogP contribution in [0.15, 0.2) is 120 Å². The minimum Gasteiger partial charge on any atom is -0.495 e. The Morgan fingerprint density at radius 3 is 2.19 bits per heavy atom. The van der Waals surface area contributed by atoms with E-state index in [0.717, 1.165) is 29.3 Å². The molecule has 47 heavy (non-hydrogen) atoms. The Kier molecular flexibility index (Phi) is 9.36. The van der Waals surface area contributed by atoms with Crippen molar-refractivity contribution in [1.29, 1.82) is 0 Å². The van der Waals surface area contributed by atoms with Gasteiger partial charge in [-0.2, -0.15) is 0 Å². The van der Waals surface area contributed by atoms with Gasteiger partial charge in [0.15, 0.2) is 11.0 Å². The van der Waals surface area contributed by atoms with Crippen molar-refractivity contribution >= 4 is 29.0 Å². The van der Waals surface area contributed by atoms with Crippen LogP contribution in [0.3, 0.4) is 0 Å². The van der Waals surface area contributed by atoms with E-state index < -0.39 is 0 Å². The van der Waals surface area contributed by atoms with Gasteiger partial charge in [0.05, 0.1) is 24.6 Å². The van der Waals surface area contributed by atoms with Crippen LogP contribution in [0.5, 0.6) is 5.75 Å². The first-order valence-corrected chi connectivity index (χ1v) is 17.3. The number of carbonyl (C=O) groups is 1. The number of pyridine rings is 1. The number of thiazole rings is 1. The molecule has 3 aromatic heterocycles. The molecule has 4 heterocycles. The lowest BCUT2D eigenvalue weighted by atomic mass is 9.96. The van der Waals surface area contributed by atoms with E-state index in [1.807, 2.05) is 63.4 Å². The summed E-state index contributed by atoms with van der Waals surface area (Å²) in [5.41, 5.74) is 4.74.